The lowest BCUT2D eigenvalue weighted by molar-refractivity contribution is -0.137. The van der Waals surface area contributed by atoms with Gasteiger partial charge in [0.15, 0.2) is 0 Å². The van der Waals surface area contributed by atoms with Crippen LogP contribution in [0.25, 0.3) is 0 Å². The molecule has 5 N–H and O–H groups in total. The van der Waals surface area contributed by atoms with Crippen LogP contribution in [0.4, 0.5) is 0 Å². The number of rotatable bonds is 10. The summed E-state index contributed by atoms with van der Waals surface area (Å²) < 4.78 is 0. The molecule has 55 heavy (non-hydrogen) atoms. The number of thiazole rings is 1. The van der Waals surface area contributed by atoms with Crippen molar-refractivity contribution in [3.8, 4) is 0 Å². The molecule has 0 saturated carbocycles. The van der Waals surface area contributed by atoms with Gasteiger partial charge in [-0.15, -0.1) is 11.3 Å². The highest BCUT2D eigenvalue weighted by molar-refractivity contribution is 7.98. The molecule has 2 bridgehead atoms. The van der Waals surface area contributed by atoms with Crippen LogP contribution < -0.4 is 26.6 Å². The zero-order chi connectivity index (χ0) is 39.9. The summed E-state index contributed by atoms with van der Waals surface area (Å²) in [5.74, 6) is -2.46. The van der Waals surface area contributed by atoms with Gasteiger partial charge in [0.2, 0.25) is 29.5 Å². The fourth-order valence-corrected chi connectivity index (χ4v) is 7.54. The van der Waals surface area contributed by atoms with E-state index >= 15 is 0 Å². The molecule has 1 aromatic carbocycles. The van der Waals surface area contributed by atoms with Gasteiger partial charge in [-0.3, -0.25) is 33.8 Å². The van der Waals surface area contributed by atoms with Crippen LogP contribution >= 0.6 is 23.1 Å². The molecule has 2 aromatic heterocycles. The Labute approximate surface area is 330 Å². The summed E-state index contributed by atoms with van der Waals surface area (Å²) in [4.78, 5) is 92.0. The van der Waals surface area contributed by atoms with Crippen LogP contribution in [0.3, 0.4) is 0 Å². The SMILES string of the molecule is CC[C@@H]1NC(=O)[C@@H](C)NC(=O)c2csc(n2)[C@H](C(C)C)NC(=O)CN(C(=O)CCc2ccncc2)C[C@H](Cc2ccccc2)NC(=O)[C@H](CCSC)NC1=O. The zero-order valence-corrected chi connectivity index (χ0v) is 33.6. The quantitative estimate of drug-likeness (QED) is 0.206. The lowest BCUT2D eigenvalue weighted by Gasteiger charge is -2.31. The number of aryl methyl sites for hydroxylation is 1. The number of amides is 6. The van der Waals surface area contributed by atoms with Gasteiger partial charge in [-0.2, -0.15) is 11.8 Å². The predicted molar refractivity (Wildman–Crippen MR) is 213 cm³/mol. The van der Waals surface area contributed by atoms with Crippen molar-refractivity contribution in [1.82, 2.24) is 41.5 Å². The summed E-state index contributed by atoms with van der Waals surface area (Å²) in [6.45, 7) is 6.77. The van der Waals surface area contributed by atoms with Crippen LogP contribution in [0.2, 0.25) is 0 Å². The topological polar surface area (TPSA) is 192 Å². The van der Waals surface area contributed by atoms with Crippen molar-refractivity contribution in [2.24, 2.45) is 5.92 Å². The zero-order valence-electron chi connectivity index (χ0n) is 32.0. The van der Waals surface area contributed by atoms with Crippen LogP contribution in [0.1, 0.15) is 79.6 Å². The lowest BCUT2D eigenvalue weighted by atomic mass is 10.0. The first kappa shape index (κ1) is 42.9. The summed E-state index contributed by atoms with van der Waals surface area (Å²) >= 11 is 2.71. The first-order valence-corrected chi connectivity index (χ1v) is 20.8. The van der Waals surface area contributed by atoms with Crippen LogP contribution in [0.15, 0.2) is 60.2 Å². The minimum Gasteiger partial charge on any atom is -0.349 e. The maximum Gasteiger partial charge on any atom is 0.271 e. The number of nitrogens with zero attached hydrogens (tertiary/aromatic N) is 3. The van der Waals surface area contributed by atoms with Gasteiger partial charge in [-0.1, -0.05) is 51.1 Å². The molecule has 4 rings (SSSR count). The number of hydrogen-bond donors (Lipinski definition) is 5. The molecule has 1 aliphatic rings. The number of benzene rings is 1. The normalized spacial score (nSPS) is 22.1. The Bertz CT molecular complexity index is 1760. The van der Waals surface area contributed by atoms with Crippen molar-refractivity contribution in [3.05, 3.63) is 82.1 Å². The van der Waals surface area contributed by atoms with E-state index < -0.39 is 59.7 Å². The fraction of sp³-hybridized carbons (Fsp3) is 0.487. The molecule has 296 valence electrons. The summed E-state index contributed by atoms with van der Waals surface area (Å²) in [5, 5.41) is 16.3. The first-order valence-electron chi connectivity index (χ1n) is 18.5. The Morgan fingerprint density at radius 3 is 2.27 bits per heavy atom. The Kier molecular flexibility index (Phi) is 16.6. The molecule has 0 saturated heterocycles. The van der Waals surface area contributed by atoms with Gasteiger partial charge < -0.3 is 31.5 Å². The van der Waals surface area contributed by atoms with Gasteiger partial charge in [-0.05, 0) is 73.8 Å². The first-order chi connectivity index (χ1) is 26.4. The van der Waals surface area contributed by atoms with E-state index in [1.54, 1.807) is 24.7 Å². The largest absolute Gasteiger partial charge is 0.349 e. The maximum absolute atomic E-state index is 14.1. The van der Waals surface area contributed by atoms with Crippen molar-refractivity contribution in [1.29, 1.82) is 0 Å². The third kappa shape index (κ3) is 13.2. The van der Waals surface area contributed by atoms with E-state index in [1.807, 2.05) is 62.6 Å². The van der Waals surface area contributed by atoms with Gasteiger partial charge in [0, 0.05) is 30.7 Å². The summed E-state index contributed by atoms with van der Waals surface area (Å²) in [6.07, 6.45) is 6.61. The summed E-state index contributed by atoms with van der Waals surface area (Å²) in [5.41, 5.74) is 1.90. The number of pyridine rings is 1. The Morgan fingerprint density at radius 2 is 1.60 bits per heavy atom. The highest BCUT2D eigenvalue weighted by Gasteiger charge is 2.31. The molecule has 1 aliphatic heterocycles. The van der Waals surface area contributed by atoms with Gasteiger partial charge in [0.05, 0.1) is 18.6 Å². The average molecular weight is 793 g/mol. The molecule has 14 nitrogen and oxygen atoms in total. The molecule has 3 aromatic rings. The van der Waals surface area contributed by atoms with E-state index in [2.05, 4.69) is 36.6 Å². The van der Waals surface area contributed by atoms with Crippen LogP contribution in [0.5, 0.6) is 0 Å². The van der Waals surface area contributed by atoms with Crippen molar-refractivity contribution >= 4 is 58.5 Å². The molecular formula is C39H52N8O6S2. The Balaban J connectivity index is 1.73. The van der Waals surface area contributed by atoms with E-state index in [-0.39, 0.29) is 43.5 Å². The Morgan fingerprint density at radius 1 is 0.909 bits per heavy atom. The van der Waals surface area contributed by atoms with Crippen LogP contribution in [-0.4, -0.2) is 99.6 Å². The second-order valence-corrected chi connectivity index (χ2v) is 15.8. The van der Waals surface area contributed by atoms with E-state index in [0.717, 1.165) is 11.1 Å². The molecule has 0 radical (unpaired) electrons. The second kappa shape index (κ2) is 21.3. The summed E-state index contributed by atoms with van der Waals surface area (Å²) in [6, 6.07) is 9.00. The number of carbonyl (C=O) groups is 6. The van der Waals surface area contributed by atoms with Gasteiger partial charge in [0.25, 0.3) is 5.91 Å². The van der Waals surface area contributed by atoms with Crippen LogP contribution in [0, 0.1) is 5.92 Å². The maximum atomic E-state index is 14.1. The molecule has 0 fully saturated rings. The highest BCUT2D eigenvalue weighted by Crippen LogP contribution is 2.25. The van der Waals surface area contributed by atoms with Gasteiger partial charge >= 0.3 is 0 Å². The third-order valence-corrected chi connectivity index (χ3v) is 10.8. The Hall–Kier alpha value is -4.83. The number of fused-ring (bicyclic) bond motifs is 2. The molecule has 0 unspecified atom stereocenters. The van der Waals surface area contributed by atoms with Gasteiger partial charge in [-0.25, -0.2) is 4.98 Å². The van der Waals surface area contributed by atoms with Crippen molar-refractivity contribution < 1.29 is 28.8 Å². The van der Waals surface area contributed by atoms with Crippen molar-refractivity contribution in [2.75, 3.05) is 25.1 Å². The van der Waals surface area contributed by atoms with E-state index in [9.17, 15) is 28.8 Å². The predicted octanol–water partition coefficient (Wildman–Crippen LogP) is 2.80. The van der Waals surface area contributed by atoms with Crippen molar-refractivity contribution in [2.45, 2.75) is 90.0 Å². The van der Waals surface area contributed by atoms with E-state index in [1.165, 1.54) is 34.9 Å². The molecular weight excluding hydrogens is 741 g/mol. The molecule has 0 aliphatic carbocycles. The minimum absolute atomic E-state index is 0.00583. The van der Waals surface area contributed by atoms with Crippen molar-refractivity contribution in [3.63, 3.8) is 0 Å². The molecule has 3 heterocycles. The van der Waals surface area contributed by atoms with Crippen LogP contribution in [-0.2, 0) is 36.8 Å². The number of aromatic nitrogens is 2. The average Bonchev–Trinajstić information content (AvgIpc) is 3.66. The minimum atomic E-state index is -1.01. The number of carbonyl (C=O) groups excluding carboxylic acids is 6. The molecule has 6 amide bonds. The highest BCUT2D eigenvalue weighted by atomic mass is 32.2. The smallest absolute Gasteiger partial charge is 0.271 e. The second-order valence-electron chi connectivity index (χ2n) is 13.9. The number of hydrogen-bond acceptors (Lipinski definition) is 10. The standard InChI is InChI=1S/C39H52N8O6S2/c1-6-29-36(51)44-30(16-19-54-5)37(52)42-28(20-27-10-8-7-9-11-27)21-47(33(49)13-12-26-14-17-40-18-15-26)22-32(48)46-34(24(2)3)39-45-31(23-55-39)38(53)41-25(4)35(50)43-29/h7-11,14-15,17-18,23-25,28-30,34H,6,12-13,16,19-22H2,1-5H3,(H,41,53)(H,42,52)(H,43,50)(H,44,51)(H,46,48)/t25-,28+,29+,30+,34+/m1/s1. The van der Waals surface area contributed by atoms with E-state index in [0.29, 0.717) is 30.0 Å². The number of nitrogens with one attached hydrogen (secondary N) is 5. The van der Waals surface area contributed by atoms with E-state index in [4.69, 9.17) is 0 Å². The molecule has 0 spiro atoms. The number of thioether (sulfide) groups is 1. The molecule has 5 atom stereocenters. The lowest BCUT2D eigenvalue weighted by Crippen LogP contribution is -2.58. The monoisotopic (exact) mass is 792 g/mol. The molecule has 16 heteroatoms. The van der Waals surface area contributed by atoms with Gasteiger partial charge in [0.1, 0.15) is 28.8 Å². The third-order valence-electron chi connectivity index (χ3n) is 9.21. The summed E-state index contributed by atoms with van der Waals surface area (Å²) in [7, 11) is 0. The fourth-order valence-electron chi connectivity index (χ4n) is 6.04.